The van der Waals surface area contributed by atoms with E-state index in [0.29, 0.717) is 31.5 Å². The van der Waals surface area contributed by atoms with Gasteiger partial charge in [0.05, 0.1) is 11.8 Å². The number of carbonyl (C=O) groups excluding carboxylic acids is 2. The molecule has 34 heavy (non-hydrogen) atoms. The Hall–Kier alpha value is -2.71. The highest BCUT2D eigenvalue weighted by atomic mass is 32.2. The number of carbonyl (C=O) groups is 2. The Labute approximate surface area is 202 Å². The Kier molecular flexibility index (Phi) is 7.38. The van der Waals surface area contributed by atoms with E-state index >= 15 is 0 Å². The Morgan fingerprint density at radius 3 is 2.38 bits per heavy atom. The van der Waals surface area contributed by atoms with Crippen LogP contribution in [-0.4, -0.2) is 59.9 Å². The van der Waals surface area contributed by atoms with E-state index in [4.69, 9.17) is 0 Å². The lowest BCUT2D eigenvalue weighted by molar-refractivity contribution is -0.124. The molecule has 4 rings (SSSR count). The summed E-state index contributed by atoms with van der Waals surface area (Å²) in [4.78, 5) is 26.1. The van der Waals surface area contributed by atoms with Crippen molar-refractivity contribution in [3.8, 4) is 0 Å². The van der Waals surface area contributed by atoms with Gasteiger partial charge in [-0.3, -0.25) is 9.59 Å². The third-order valence-corrected chi connectivity index (χ3v) is 9.26. The SMILES string of the molecule is CC1CN(C(=O)c2ccc(CN3[C@@H](C)CCC(CCc4ccccc4)S3(=O)=O)cc2)CC(=O)N1. The molecule has 1 N–H and O–H groups in total. The number of hydrogen-bond acceptors (Lipinski definition) is 4. The zero-order valence-corrected chi connectivity index (χ0v) is 20.6. The van der Waals surface area contributed by atoms with Crippen LogP contribution >= 0.6 is 0 Å². The molecule has 2 aliphatic rings. The molecule has 3 atom stereocenters. The third kappa shape index (κ3) is 5.50. The van der Waals surface area contributed by atoms with Crippen LogP contribution in [0.25, 0.3) is 0 Å². The molecule has 0 aliphatic carbocycles. The number of hydrogen-bond donors (Lipinski definition) is 1. The van der Waals surface area contributed by atoms with E-state index in [-0.39, 0.29) is 35.7 Å². The van der Waals surface area contributed by atoms with Crippen molar-refractivity contribution in [2.45, 2.75) is 63.4 Å². The second-order valence-electron chi connectivity index (χ2n) is 9.51. The fourth-order valence-electron chi connectivity index (χ4n) is 4.88. The van der Waals surface area contributed by atoms with Crippen molar-refractivity contribution < 1.29 is 18.0 Å². The van der Waals surface area contributed by atoms with Crippen LogP contribution < -0.4 is 5.32 Å². The van der Waals surface area contributed by atoms with E-state index in [1.807, 2.05) is 56.3 Å². The molecule has 0 aromatic heterocycles. The highest BCUT2D eigenvalue weighted by Crippen LogP contribution is 2.31. The molecule has 8 heteroatoms. The van der Waals surface area contributed by atoms with Gasteiger partial charge in [0.2, 0.25) is 15.9 Å². The molecule has 2 aromatic carbocycles. The van der Waals surface area contributed by atoms with Gasteiger partial charge in [-0.2, -0.15) is 4.31 Å². The fraction of sp³-hybridized carbons (Fsp3) is 0.462. The molecule has 7 nitrogen and oxygen atoms in total. The molecule has 182 valence electrons. The summed E-state index contributed by atoms with van der Waals surface area (Å²) in [5, 5.41) is 2.43. The maximum absolute atomic E-state index is 13.4. The maximum atomic E-state index is 13.4. The fourth-order valence-corrected chi connectivity index (χ4v) is 7.05. The zero-order chi connectivity index (χ0) is 24.3. The quantitative estimate of drug-likeness (QED) is 0.684. The van der Waals surface area contributed by atoms with Crippen LogP contribution in [0.1, 0.15) is 54.6 Å². The summed E-state index contributed by atoms with van der Waals surface area (Å²) in [5.74, 6) is -0.344. The molecule has 2 aromatic rings. The van der Waals surface area contributed by atoms with Gasteiger partial charge < -0.3 is 10.2 Å². The minimum atomic E-state index is -3.42. The summed E-state index contributed by atoms with van der Waals surface area (Å²) < 4.78 is 28.5. The minimum absolute atomic E-state index is 0.0544. The van der Waals surface area contributed by atoms with Crippen molar-refractivity contribution >= 4 is 21.8 Å². The Morgan fingerprint density at radius 2 is 1.71 bits per heavy atom. The molecule has 0 bridgehead atoms. The topological polar surface area (TPSA) is 86.8 Å². The largest absolute Gasteiger partial charge is 0.350 e. The van der Waals surface area contributed by atoms with Gasteiger partial charge in [-0.05, 0) is 62.8 Å². The number of nitrogens with one attached hydrogen (secondary N) is 1. The summed E-state index contributed by atoms with van der Waals surface area (Å²) in [7, 11) is -3.42. The predicted octanol–water partition coefficient (Wildman–Crippen LogP) is 2.96. The Bertz CT molecular complexity index is 1120. The number of sulfonamides is 1. The van der Waals surface area contributed by atoms with Crippen LogP contribution in [0.2, 0.25) is 0 Å². The van der Waals surface area contributed by atoms with E-state index < -0.39 is 10.0 Å². The summed E-state index contributed by atoms with van der Waals surface area (Å²) in [5.41, 5.74) is 2.50. The van der Waals surface area contributed by atoms with Gasteiger partial charge in [-0.25, -0.2) is 8.42 Å². The van der Waals surface area contributed by atoms with E-state index in [2.05, 4.69) is 5.32 Å². The third-order valence-electron chi connectivity index (χ3n) is 6.81. The Morgan fingerprint density at radius 1 is 1.00 bits per heavy atom. The molecule has 2 unspecified atom stereocenters. The second kappa shape index (κ2) is 10.3. The van der Waals surface area contributed by atoms with Crippen LogP contribution in [0.3, 0.4) is 0 Å². The van der Waals surface area contributed by atoms with Crippen LogP contribution in [-0.2, 0) is 27.8 Å². The zero-order valence-electron chi connectivity index (χ0n) is 19.8. The van der Waals surface area contributed by atoms with Crippen molar-refractivity contribution in [2.24, 2.45) is 0 Å². The molecular formula is C26H33N3O4S. The first-order chi connectivity index (χ1) is 16.2. The van der Waals surface area contributed by atoms with Crippen LogP contribution in [0.4, 0.5) is 0 Å². The summed E-state index contributed by atoms with van der Waals surface area (Å²) in [6, 6.07) is 16.9. The summed E-state index contributed by atoms with van der Waals surface area (Å²) in [6.07, 6.45) is 2.88. The van der Waals surface area contributed by atoms with Gasteiger partial charge in [0.1, 0.15) is 0 Å². The first-order valence-corrected chi connectivity index (χ1v) is 13.5. The molecule has 0 radical (unpaired) electrons. The highest BCUT2D eigenvalue weighted by molar-refractivity contribution is 7.89. The molecule has 2 amide bonds. The Balaban J connectivity index is 1.42. The van der Waals surface area contributed by atoms with Gasteiger partial charge in [-0.1, -0.05) is 42.5 Å². The van der Waals surface area contributed by atoms with Gasteiger partial charge >= 0.3 is 0 Å². The number of aryl methyl sites for hydroxylation is 1. The van der Waals surface area contributed by atoms with E-state index in [1.165, 1.54) is 0 Å². The number of benzene rings is 2. The maximum Gasteiger partial charge on any atom is 0.254 e. The normalized spacial score (nSPS) is 25.1. The monoisotopic (exact) mass is 483 g/mol. The van der Waals surface area contributed by atoms with E-state index in [0.717, 1.165) is 24.0 Å². The van der Waals surface area contributed by atoms with Crippen molar-refractivity contribution in [3.05, 3.63) is 71.3 Å². The van der Waals surface area contributed by atoms with Crippen molar-refractivity contribution in [3.63, 3.8) is 0 Å². The molecule has 2 saturated heterocycles. The number of nitrogens with zero attached hydrogens (tertiary/aromatic N) is 2. The van der Waals surface area contributed by atoms with Gasteiger partial charge in [-0.15, -0.1) is 0 Å². The average molecular weight is 484 g/mol. The lowest BCUT2D eigenvalue weighted by Crippen LogP contribution is -2.54. The number of rotatable bonds is 6. The van der Waals surface area contributed by atoms with Crippen LogP contribution in [0.5, 0.6) is 0 Å². The second-order valence-corrected chi connectivity index (χ2v) is 11.7. The van der Waals surface area contributed by atoms with Crippen LogP contribution in [0, 0.1) is 0 Å². The first-order valence-electron chi connectivity index (χ1n) is 12.0. The van der Waals surface area contributed by atoms with Crippen molar-refractivity contribution in [2.75, 3.05) is 13.1 Å². The number of amides is 2. The average Bonchev–Trinajstić information content (AvgIpc) is 2.81. The van der Waals surface area contributed by atoms with Crippen molar-refractivity contribution in [1.82, 2.24) is 14.5 Å². The molecule has 0 saturated carbocycles. The lowest BCUT2D eigenvalue weighted by atomic mass is 10.0. The first kappa shape index (κ1) is 24.4. The molecular weight excluding hydrogens is 450 g/mol. The summed E-state index contributed by atoms with van der Waals surface area (Å²) in [6.45, 7) is 4.65. The molecule has 2 fully saturated rings. The molecule has 2 aliphatic heterocycles. The van der Waals surface area contributed by atoms with Crippen LogP contribution in [0.15, 0.2) is 54.6 Å². The van der Waals surface area contributed by atoms with Gasteiger partial charge in [0.15, 0.2) is 0 Å². The predicted molar refractivity (Wildman–Crippen MR) is 132 cm³/mol. The van der Waals surface area contributed by atoms with E-state index in [9.17, 15) is 18.0 Å². The standard InChI is InChI=1S/C26H33N3O4S/c1-19-16-28(18-25(30)27-19)26(31)23-12-9-22(10-13-23)17-29-20(2)8-14-24(34(29,32)33)15-11-21-6-4-3-5-7-21/h3-7,9-10,12-13,19-20,24H,8,11,14-18H2,1-2H3,(H,27,30)/t19?,20-,24?/m0/s1. The van der Waals surface area contributed by atoms with Gasteiger partial charge in [0, 0.05) is 30.7 Å². The minimum Gasteiger partial charge on any atom is -0.350 e. The molecule has 2 heterocycles. The van der Waals surface area contributed by atoms with Crippen molar-refractivity contribution in [1.29, 1.82) is 0 Å². The highest BCUT2D eigenvalue weighted by Gasteiger charge is 2.39. The smallest absolute Gasteiger partial charge is 0.254 e. The lowest BCUT2D eigenvalue weighted by Gasteiger charge is -2.37. The van der Waals surface area contributed by atoms with Gasteiger partial charge in [0.25, 0.3) is 5.91 Å². The molecule has 0 spiro atoms. The summed E-state index contributed by atoms with van der Waals surface area (Å²) >= 11 is 0. The van der Waals surface area contributed by atoms with E-state index in [1.54, 1.807) is 21.3 Å². The number of piperazine rings is 1.